The largest absolute Gasteiger partial charge is 0.268 e. The molecule has 0 aliphatic rings. The molecule has 0 spiro atoms. The van der Waals surface area contributed by atoms with E-state index in [2.05, 4.69) is 21.0 Å². The topological polar surface area (TPSA) is 17.8 Å². The van der Waals surface area contributed by atoms with Crippen LogP contribution in [0.1, 0.15) is 56.3 Å². The molecule has 0 N–H and O–H groups in total. The first-order chi connectivity index (χ1) is 8.66. The summed E-state index contributed by atoms with van der Waals surface area (Å²) in [6, 6.07) is 0. The molecule has 104 valence electrons. The molecule has 4 heteroatoms. The minimum absolute atomic E-state index is 0.824. The van der Waals surface area contributed by atoms with Gasteiger partial charge in [0, 0.05) is 11.9 Å². The highest BCUT2D eigenvalue weighted by molar-refractivity contribution is 9.09. The molecule has 1 heterocycles. The summed E-state index contributed by atoms with van der Waals surface area (Å²) in [4.78, 5) is 0. The summed E-state index contributed by atoms with van der Waals surface area (Å²) in [7, 11) is 0. The molecule has 0 amide bonds. The van der Waals surface area contributed by atoms with Gasteiger partial charge in [-0.05, 0) is 26.7 Å². The third-order valence-electron chi connectivity index (χ3n) is 3.30. The second-order valence-corrected chi connectivity index (χ2v) is 6.04. The highest BCUT2D eigenvalue weighted by Crippen LogP contribution is 2.19. The molecule has 1 aromatic rings. The minimum atomic E-state index is 0.824. The molecule has 0 aliphatic carbocycles. The number of unbranched alkanes of at least 4 members (excludes halogenated alkanes) is 6. The number of nitrogens with zero attached hydrogens (tertiary/aromatic N) is 2. The summed E-state index contributed by atoms with van der Waals surface area (Å²) in [5.41, 5.74) is 2.05. The van der Waals surface area contributed by atoms with E-state index in [-0.39, 0.29) is 0 Å². The van der Waals surface area contributed by atoms with Crippen LogP contribution in [-0.4, -0.2) is 15.1 Å². The van der Waals surface area contributed by atoms with Gasteiger partial charge in [-0.3, -0.25) is 4.68 Å². The van der Waals surface area contributed by atoms with E-state index in [1.54, 1.807) is 0 Å². The van der Waals surface area contributed by atoms with Crippen molar-refractivity contribution in [2.75, 3.05) is 5.33 Å². The Balaban J connectivity index is 2.09. The Morgan fingerprint density at radius 1 is 1.00 bits per heavy atom. The average molecular weight is 336 g/mol. The van der Waals surface area contributed by atoms with Crippen molar-refractivity contribution in [1.29, 1.82) is 0 Å². The second kappa shape index (κ2) is 8.98. The highest BCUT2D eigenvalue weighted by Gasteiger charge is 2.07. The molecule has 1 aromatic heterocycles. The lowest BCUT2D eigenvalue weighted by atomic mass is 10.1. The fourth-order valence-electron chi connectivity index (χ4n) is 2.13. The number of aromatic nitrogens is 2. The summed E-state index contributed by atoms with van der Waals surface area (Å²) in [5, 5.41) is 6.42. The molecule has 2 nitrogen and oxygen atoms in total. The van der Waals surface area contributed by atoms with Gasteiger partial charge in [-0.25, -0.2) is 0 Å². The third kappa shape index (κ3) is 5.31. The molecule has 0 aliphatic heterocycles. The van der Waals surface area contributed by atoms with Crippen LogP contribution < -0.4 is 0 Å². The molecule has 0 unspecified atom stereocenters. The summed E-state index contributed by atoms with van der Waals surface area (Å²) in [5.74, 6) is 0. The Morgan fingerprint density at radius 2 is 1.56 bits per heavy atom. The fraction of sp³-hybridized carbons (Fsp3) is 0.786. The van der Waals surface area contributed by atoms with E-state index in [0.29, 0.717) is 0 Å². The maximum atomic E-state index is 6.12. The zero-order chi connectivity index (χ0) is 13.4. The van der Waals surface area contributed by atoms with Crippen molar-refractivity contribution < 1.29 is 0 Å². The first-order valence-corrected chi connectivity index (χ1v) is 8.42. The number of alkyl halides is 1. The number of halogens is 2. The fourth-order valence-corrected chi connectivity index (χ4v) is 2.66. The molecule has 0 fully saturated rings. The van der Waals surface area contributed by atoms with Gasteiger partial charge in [0.15, 0.2) is 0 Å². The molecule has 18 heavy (non-hydrogen) atoms. The van der Waals surface area contributed by atoms with Crippen LogP contribution in [0.5, 0.6) is 0 Å². The van der Waals surface area contributed by atoms with Crippen LogP contribution in [0.2, 0.25) is 5.02 Å². The van der Waals surface area contributed by atoms with Crippen LogP contribution >= 0.6 is 27.5 Å². The number of hydrogen-bond donors (Lipinski definition) is 0. The van der Waals surface area contributed by atoms with E-state index in [9.17, 15) is 0 Å². The van der Waals surface area contributed by atoms with Crippen LogP contribution in [0, 0.1) is 13.8 Å². The maximum absolute atomic E-state index is 6.12. The molecule has 0 saturated heterocycles. The zero-order valence-electron chi connectivity index (χ0n) is 11.5. The van der Waals surface area contributed by atoms with E-state index < -0.39 is 0 Å². The predicted molar refractivity (Wildman–Crippen MR) is 82.8 cm³/mol. The lowest BCUT2D eigenvalue weighted by Gasteiger charge is -2.04. The minimum Gasteiger partial charge on any atom is -0.268 e. The van der Waals surface area contributed by atoms with E-state index in [1.165, 1.54) is 44.9 Å². The molecule has 0 aromatic carbocycles. The molecular weight excluding hydrogens is 312 g/mol. The van der Waals surface area contributed by atoms with Crippen molar-refractivity contribution in [3.8, 4) is 0 Å². The zero-order valence-corrected chi connectivity index (χ0v) is 13.9. The van der Waals surface area contributed by atoms with Gasteiger partial charge in [0.1, 0.15) is 0 Å². The Kier molecular flexibility index (Phi) is 8.00. The standard InChI is InChI=1S/C14H24BrClN2/c1-12-14(16)13(2)18(17-12)11-9-7-5-3-4-6-8-10-15/h3-11H2,1-2H3. The predicted octanol–water partition coefficient (Wildman–Crippen LogP) is 5.28. The molecule has 0 atom stereocenters. The maximum Gasteiger partial charge on any atom is 0.0844 e. The highest BCUT2D eigenvalue weighted by atomic mass is 79.9. The quantitative estimate of drug-likeness (QED) is 0.443. The van der Waals surface area contributed by atoms with Crippen molar-refractivity contribution >= 4 is 27.5 Å². The van der Waals surface area contributed by atoms with Crippen molar-refractivity contribution in [3.63, 3.8) is 0 Å². The van der Waals surface area contributed by atoms with E-state index >= 15 is 0 Å². The smallest absolute Gasteiger partial charge is 0.0844 e. The Hall–Kier alpha value is -0.0200. The van der Waals surface area contributed by atoms with Crippen molar-refractivity contribution in [1.82, 2.24) is 9.78 Å². The van der Waals surface area contributed by atoms with Gasteiger partial charge in [0.05, 0.1) is 16.4 Å². The lowest BCUT2D eigenvalue weighted by molar-refractivity contribution is 0.515. The Morgan fingerprint density at radius 3 is 2.06 bits per heavy atom. The number of rotatable bonds is 9. The third-order valence-corrected chi connectivity index (χ3v) is 4.40. The molecule has 0 radical (unpaired) electrons. The summed E-state index contributed by atoms with van der Waals surface area (Å²) in [6.45, 7) is 5.01. The Bertz CT molecular complexity index is 350. The van der Waals surface area contributed by atoms with Gasteiger partial charge in [0.25, 0.3) is 0 Å². The first-order valence-electron chi connectivity index (χ1n) is 6.92. The Labute approximate surface area is 124 Å². The van der Waals surface area contributed by atoms with Gasteiger partial charge in [-0.1, -0.05) is 59.6 Å². The molecule has 0 saturated carbocycles. The van der Waals surface area contributed by atoms with Gasteiger partial charge >= 0.3 is 0 Å². The normalized spacial score (nSPS) is 11.1. The monoisotopic (exact) mass is 334 g/mol. The summed E-state index contributed by atoms with van der Waals surface area (Å²) >= 11 is 9.59. The summed E-state index contributed by atoms with van der Waals surface area (Å²) < 4.78 is 2.04. The molecule has 1 rings (SSSR count). The van der Waals surface area contributed by atoms with E-state index in [1.807, 2.05) is 18.5 Å². The van der Waals surface area contributed by atoms with E-state index in [4.69, 9.17) is 11.6 Å². The van der Waals surface area contributed by atoms with Crippen molar-refractivity contribution in [3.05, 3.63) is 16.4 Å². The molecule has 0 bridgehead atoms. The van der Waals surface area contributed by atoms with Gasteiger partial charge in [0.2, 0.25) is 0 Å². The number of hydrogen-bond acceptors (Lipinski definition) is 1. The second-order valence-electron chi connectivity index (χ2n) is 4.87. The van der Waals surface area contributed by atoms with Crippen LogP contribution in [0.3, 0.4) is 0 Å². The number of aryl methyl sites for hydroxylation is 2. The van der Waals surface area contributed by atoms with Crippen LogP contribution in [0.4, 0.5) is 0 Å². The molecular formula is C14H24BrClN2. The van der Waals surface area contributed by atoms with Crippen molar-refractivity contribution in [2.45, 2.75) is 65.3 Å². The van der Waals surface area contributed by atoms with Gasteiger partial charge in [-0.15, -0.1) is 0 Å². The average Bonchev–Trinajstić information content (AvgIpc) is 2.60. The SMILES string of the molecule is Cc1nn(CCCCCCCCCBr)c(C)c1Cl. The van der Waals surface area contributed by atoms with Crippen LogP contribution in [0.25, 0.3) is 0 Å². The van der Waals surface area contributed by atoms with E-state index in [0.717, 1.165) is 28.3 Å². The van der Waals surface area contributed by atoms with Crippen molar-refractivity contribution in [2.24, 2.45) is 0 Å². The van der Waals surface area contributed by atoms with Crippen LogP contribution in [0.15, 0.2) is 0 Å². The van der Waals surface area contributed by atoms with Crippen LogP contribution in [-0.2, 0) is 6.54 Å². The van der Waals surface area contributed by atoms with Gasteiger partial charge < -0.3 is 0 Å². The summed E-state index contributed by atoms with van der Waals surface area (Å²) in [6.07, 6.45) is 9.25. The van der Waals surface area contributed by atoms with Gasteiger partial charge in [-0.2, -0.15) is 5.10 Å². The first kappa shape index (κ1) is 16.0. The lowest BCUT2D eigenvalue weighted by Crippen LogP contribution is -2.02.